The Labute approximate surface area is 147 Å². The Morgan fingerprint density at radius 2 is 1.96 bits per heavy atom. The quantitative estimate of drug-likeness (QED) is 0.688. The van der Waals surface area contributed by atoms with Crippen LogP contribution in [0.15, 0.2) is 48.5 Å². The van der Waals surface area contributed by atoms with Gasteiger partial charge in [-0.2, -0.15) is 0 Å². The van der Waals surface area contributed by atoms with Crippen molar-refractivity contribution in [1.82, 2.24) is 5.32 Å². The first-order chi connectivity index (χ1) is 12.2. The highest BCUT2D eigenvalue weighted by Gasteiger charge is 2.18. The molecule has 0 spiro atoms. The Bertz CT molecular complexity index is 831. The molecule has 1 aliphatic carbocycles. The average molecular weight is 333 g/mol. The van der Waals surface area contributed by atoms with Gasteiger partial charge < -0.3 is 10.1 Å². The van der Waals surface area contributed by atoms with Crippen LogP contribution in [0.25, 0.3) is 0 Å². The molecule has 0 heterocycles. The number of hydrogen-bond acceptors (Lipinski definition) is 3. The predicted molar refractivity (Wildman–Crippen MR) is 95.2 cm³/mol. The molecule has 3 rings (SSSR count). The summed E-state index contributed by atoms with van der Waals surface area (Å²) in [6.45, 7) is 0.691. The number of benzene rings is 2. The lowest BCUT2D eigenvalue weighted by Gasteiger charge is -2.05. The van der Waals surface area contributed by atoms with Gasteiger partial charge in [0.1, 0.15) is 6.61 Å². The molecule has 1 aliphatic rings. The van der Waals surface area contributed by atoms with Crippen molar-refractivity contribution in [2.75, 3.05) is 6.54 Å². The molecular formula is C21H19NO3. The van der Waals surface area contributed by atoms with Crippen molar-refractivity contribution in [2.24, 2.45) is 0 Å². The lowest BCUT2D eigenvalue weighted by atomic mass is 10.1. The second-order valence-corrected chi connectivity index (χ2v) is 5.84. The molecule has 0 fully saturated rings. The van der Waals surface area contributed by atoms with Gasteiger partial charge in [-0.3, -0.25) is 4.79 Å². The summed E-state index contributed by atoms with van der Waals surface area (Å²) in [7, 11) is 0. The monoisotopic (exact) mass is 333 g/mol. The number of ether oxygens (including phenoxy) is 1. The van der Waals surface area contributed by atoms with E-state index in [0.29, 0.717) is 19.4 Å². The molecule has 25 heavy (non-hydrogen) atoms. The number of fused-ring (bicyclic) bond motifs is 1. The number of rotatable bonds is 4. The fourth-order valence-electron chi connectivity index (χ4n) is 2.70. The highest BCUT2D eigenvalue weighted by molar-refractivity contribution is 6.00. The molecule has 0 radical (unpaired) electrons. The molecular weight excluding hydrogens is 314 g/mol. The van der Waals surface area contributed by atoms with E-state index in [9.17, 15) is 9.59 Å². The molecule has 0 unspecified atom stereocenters. The maximum absolute atomic E-state index is 11.6. The summed E-state index contributed by atoms with van der Waals surface area (Å²) < 4.78 is 5.12. The maximum Gasteiger partial charge on any atom is 0.407 e. The second-order valence-electron chi connectivity index (χ2n) is 5.84. The lowest BCUT2D eigenvalue weighted by Crippen LogP contribution is -2.24. The molecule has 0 aromatic heterocycles. The number of ketones is 1. The number of nitrogens with one attached hydrogen (secondary N) is 1. The van der Waals surface area contributed by atoms with E-state index in [1.54, 1.807) is 0 Å². The maximum atomic E-state index is 11.6. The number of Topliss-reactive ketones (excluding diaryl/α,β-unsaturated/α-hetero) is 1. The molecule has 4 heteroatoms. The minimum Gasteiger partial charge on any atom is -0.445 e. The number of aryl methyl sites for hydroxylation is 1. The zero-order valence-corrected chi connectivity index (χ0v) is 13.9. The van der Waals surface area contributed by atoms with E-state index in [4.69, 9.17) is 4.74 Å². The van der Waals surface area contributed by atoms with Crippen LogP contribution in [0.1, 0.15) is 39.9 Å². The van der Waals surface area contributed by atoms with Crippen LogP contribution in [-0.4, -0.2) is 18.4 Å². The standard InChI is InChI=1S/C21H19NO3/c23-20-12-10-18-14-16(9-11-19(18)20)6-4-5-13-22-21(24)25-15-17-7-2-1-3-8-17/h1-3,7-9,11,14H,5,10,12-13,15H2,(H,22,24). The van der Waals surface area contributed by atoms with Crippen LogP contribution in [0.4, 0.5) is 4.79 Å². The van der Waals surface area contributed by atoms with Crippen molar-refractivity contribution in [1.29, 1.82) is 0 Å². The van der Waals surface area contributed by atoms with E-state index in [2.05, 4.69) is 17.2 Å². The number of carbonyl (C=O) groups is 2. The largest absolute Gasteiger partial charge is 0.445 e. The van der Waals surface area contributed by atoms with E-state index >= 15 is 0 Å². The molecule has 2 aromatic carbocycles. The molecule has 4 nitrogen and oxygen atoms in total. The van der Waals surface area contributed by atoms with Crippen molar-refractivity contribution in [3.63, 3.8) is 0 Å². The fourth-order valence-corrected chi connectivity index (χ4v) is 2.70. The highest BCUT2D eigenvalue weighted by atomic mass is 16.5. The van der Waals surface area contributed by atoms with Crippen LogP contribution >= 0.6 is 0 Å². The Balaban J connectivity index is 1.40. The average Bonchev–Trinajstić information content (AvgIpc) is 3.01. The van der Waals surface area contributed by atoms with Gasteiger partial charge in [0.05, 0.1) is 0 Å². The third-order valence-electron chi connectivity index (χ3n) is 3.99. The molecule has 0 saturated heterocycles. The first kappa shape index (κ1) is 16.8. The summed E-state index contributed by atoms with van der Waals surface area (Å²) in [5, 5.41) is 2.68. The van der Waals surface area contributed by atoms with Gasteiger partial charge in [0.25, 0.3) is 0 Å². The van der Waals surface area contributed by atoms with Crippen LogP contribution < -0.4 is 5.32 Å². The van der Waals surface area contributed by atoms with Gasteiger partial charge in [-0.25, -0.2) is 4.79 Å². The molecule has 126 valence electrons. The highest BCUT2D eigenvalue weighted by Crippen LogP contribution is 2.22. The van der Waals surface area contributed by atoms with Crippen LogP contribution in [0, 0.1) is 11.8 Å². The zero-order chi connectivity index (χ0) is 17.5. The third kappa shape index (κ3) is 4.71. The Hall–Kier alpha value is -3.06. The second kappa shape index (κ2) is 8.16. The topological polar surface area (TPSA) is 55.4 Å². The number of hydrogen-bond donors (Lipinski definition) is 1. The van der Waals surface area contributed by atoms with Crippen LogP contribution in [0.3, 0.4) is 0 Å². The van der Waals surface area contributed by atoms with Gasteiger partial charge in [0, 0.05) is 30.5 Å². The SMILES string of the molecule is O=C(NCCC#Cc1ccc2c(c1)CCC2=O)OCc1ccccc1. The van der Waals surface area contributed by atoms with Crippen LogP contribution in [-0.2, 0) is 17.8 Å². The lowest BCUT2D eigenvalue weighted by molar-refractivity contribution is 0.0994. The first-order valence-electron chi connectivity index (χ1n) is 8.32. The molecule has 1 amide bonds. The van der Waals surface area contributed by atoms with Crippen molar-refractivity contribution in [3.8, 4) is 11.8 Å². The minimum atomic E-state index is -0.443. The summed E-state index contributed by atoms with van der Waals surface area (Å²) in [6.07, 6.45) is 1.50. The summed E-state index contributed by atoms with van der Waals surface area (Å²) in [5.41, 5.74) is 3.76. The predicted octanol–water partition coefficient (Wildman–Crippen LogP) is 3.48. The molecule has 1 N–H and O–H groups in total. The Morgan fingerprint density at radius 3 is 2.80 bits per heavy atom. The summed E-state index contributed by atoms with van der Waals surface area (Å²) >= 11 is 0. The number of carbonyl (C=O) groups excluding carboxylic acids is 2. The molecule has 0 saturated carbocycles. The van der Waals surface area contributed by atoms with Crippen LogP contribution in [0.2, 0.25) is 0 Å². The zero-order valence-electron chi connectivity index (χ0n) is 13.9. The fraction of sp³-hybridized carbons (Fsp3) is 0.238. The Morgan fingerprint density at radius 1 is 1.12 bits per heavy atom. The van der Waals surface area contributed by atoms with Crippen molar-refractivity contribution in [2.45, 2.75) is 25.9 Å². The van der Waals surface area contributed by atoms with Gasteiger partial charge in [-0.05, 0) is 35.7 Å². The van der Waals surface area contributed by atoms with Crippen molar-refractivity contribution in [3.05, 3.63) is 70.8 Å². The Kier molecular flexibility index (Phi) is 5.48. The third-order valence-corrected chi connectivity index (χ3v) is 3.99. The van der Waals surface area contributed by atoms with Gasteiger partial charge >= 0.3 is 6.09 Å². The molecule has 0 bridgehead atoms. The van der Waals surface area contributed by atoms with E-state index in [1.165, 1.54) is 0 Å². The number of amides is 1. The van der Waals surface area contributed by atoms with E-state index in [1.807, 2.05) is 48.5 Å². The van der Waals surface area contributed by atoms with E-state index in [0.717, 1.165) is 28.7 Å². The summed E-state index contributed by atoms with van der Waals surface area (Å²) in [5.74, 6) is 6.31. The van der Waals surface area contributed by atoms with Gasteiger partial charge in [-0.1, -0.05) is 42.2 Å². The van der Waals surface area contributed by atoms with E-state index in [-0.39, 0.29) is 12.4 Å². The van der Waals surface area contributed by atoms with Crippen LogP contribution in [0.5, 0.6) is 0 Å². The van der Waals surface area contributed by atoms with Gasteiger partial charge in [-0.15, -0.1) is 0 Å². The smallest absolute Gasteiger partial charge is 0.407 e. The summed E-state index contributed by atoms with van der Waals surface area (Å²) in [6, 6.07) is 15.2. The minimum absolute atomic E-state index is 0.215. The first-order valence-corrected chi connectivity index (χ1v) is 8.32. The van der Waals surface area contributed by atoms with Crippen molar-refractivity contribution < 1.29 is 14.3 Å². The van der Waals surface area contributed by atoms with E-state index < -0.39 is 6.09 Å². The van der Waals surface area contributed by atoms with Gasteiger partial charge in [0.2, 0.25) is 0 Å². The normalized spacial score (nSPS) is 12.1. The van der Waals surface area contributed by atoms with Gasteiger partial charge in [0.15, 0.2) is 5.78 Å². The summed E-state index contributed by atoms with van der Waals surface area (Å²) in [4.78, 5) is 23.2. The number of alkyl carbamates (subject to hydrolysis) is 1. The molecule has 2 aromatic rings. The van der Waals surface area contributed by atoms with Crippen molar-refractivity contribution >= 4 is 11.9 Å². The molecule has 0 atom stereocenters. The molecule has 0 aliphatic heterocycles.